The lowest BCUT2D eigenvalue weighted by Gasteiger charge is -2.20. The van der Waals surface area contributed by atoms with E-state index in [9.17, 15) is 9.90 Å². The molecule has 0 saturated carbocycles. The van der Waals surface area contributed by atoms with Gasteiger partial charge < -0.3 is 24.1 Å². The molecule has 2 aliphatic rings. The standard InChI is InChI=1S/C13H12O6/c1-2-16-13(15)12-7-3-10-11(19-6-18-10)4-9(7)17-5-8(12)14/h3-4,14H,2,5-6H2,1H3. The maximum absolute atomic E-state index is 11.9. The van der Waals surface area contributed by atoms with Gasteiger partial charge in [-0.3, -0.25) is 0 Å². The molecule has 0 bridgehead atoms. The van der Waals surface area contributed by atoms with E-state index in [1.807, 2.05) is 0 Å². The number of carbonyl (C=O) groups is 1. The molecule has 1 aromatic rings. The van der Waals surface area contributed by atoms with Gasteiger partial charge in [0.2, 0.25) is 6.79 Å². The molecule has 0 aliphatic carbocycles. The van der Waals surface area contributed by atoms with Crippen LogP contribution in [-0.4, -0.2) is 31.1 Å². The number of fused-ring (bicyclic) bond motifs is 2. The normalized spacial score (nSPS) is 15.8. The topological polar surface area (TPSA) is 74.2 Å². The number of carbonyl (C=O) groups excluding carboxylic acids is 1. The van der Waals surface area contributed by atoms with Gasteiger partial charge in [-0.15, -0.1) is 0 Å². The van der Waals surface area contributed by atoms with Crippen molar-refractivity contribution in [1.29, 1.82) is 0 Å². The number of ether oxygens (including phenoxy) is 4. The number of aliphatic hydroxyl groups is 1. The summed E-state index contributed by atoms with van der Waals surface area (Å²) in [4.78, 5) is 11.9. The Kier molecular flexibility index (Phi) is 2.70. The molecule has 0 spiro atoms. The molecule has 0 unspecified atom stereocenters. The zero-order valence-electron chi connectivity index (χ0n) is 10.3. The SMILES string of the molecule is CCOC(=O)C1=C(O)COc2cc3c(cc21)OCO3. The van der Waals surface area contributed by atoms with Crippen LogP contribution in [0.15, 0.2) is 17.9 Å². The van der Waals surface area contributed by atoms with Crippen LogP contribution in [0.2, 0.25) is 0 Å². The van der Waals surface area contributed by atoms with E-state index in [0.717, 1.165) is 0 Å². The third kappa shape index (κ3) is 1.85. The van der Waals surface area contributed by atoms with Gasteiger partial charge in [0.05, 0.1) is 6.61 Å². The largest absolute Gasteiger partial charge is 0.508 e. The quantitative estimate of drug-likeness (QED) is 0.818. The number of esters is 1. The number of rotatable bonds is 2. The average molecular weight is 264 g/mol. The summed E-state index contributed by atoms with van der Waals surface area (Å²) < 4.78 is 20.8. The third-order valence-electron chi connectivity index (χ3n) is 2.88. The van der Waals surface area contributed by atoms with Crippen LogP contribution in [0.5, 0.6) is 17.2 Å². The van der Waals surface area contributed by atoms with Crippen LogP contribution < -0.4 is 14.2 Å². The average Bonchev–Trinajstić information content (AvgIpc) is 2.83. The Morgan fingerprint density at radius 3 is 2.74 bits per heavy atom. The van der Waals surface area contributed by atoms with Crippen molar-refractivity contribution >= 4 is 11.5 Å². The monoisotopic (exact) mass is 264 g/mol. The van der Waals surface area contributed by atoms with Crippen molar-refractivity contribution in [3.05, 3.63) is 23.5 Å². The first-order valence-corrected chi connectivity index (χ1v) is 5.86. The molecular weight excluding hydrogens is 252 g/mol. The first kappa shape index (κ1) is 11.7. The van der Waals surface area contributed by atoms with Gasteiger partial charge in [-0.05, 0) is 13.0 Å². The van der Waals surface area contributed by atoms with Gasteiger partial charge in [-0.1, -0.05) is 0 Å². The molecule has 0 fully saturated rings. The maximum Gasteiger partial charge on any atom is 0.342 e. The van der Waals surface area contributed by atoms with E-state index in [-0.39, 0.29) is 31.3 Å². The summed E-state index contributed by atoms with van der Waals surface area (Å²) in [5, 5.41) is 9.84. The molecule has 0 radical (unpaired) electrons. The number of hydrogen-bond acceptors (Lipinski definition) is 6. The van der Waals surface area contributed by atoms with Crippen molar-refractivity contribution in [2.75, 3.05) is 20.0 Å². The predicted octanol–water partition coefficient (Wildman–Crippen LogP) is 1.64. The Balaban J connectivity index is 2.09. The van der Waals surface area contributed by atoms with Gasteiger partial charge >= 0.3 is 5.97 Å². The fourth-order valence-corrected chi connectivity index (χ4v) is 2.04. The Hall–Kier alpha value is -2.37. The molecule has 19 heavy (non-hydrogen) atoms. The summed E-state index contributed by atoms with van der Waals surface area (Å²) in [6.45, 7) is 2.00. The van der Waals surface area contributed by atoms with Crippen molar-refractivity contribution in [3.63, 3.8) is 0 Å². The molecule has 0 atom stereocenters. The second kappa shape index (κ2) is 4.38. The highest BCUT2D eigenvalue weighted by Crippen LogP contribution is 2.43. The first-order chi connectivity index (χ1) is 9.20. The van der Waals surface area contributed by atoms with Gasteiger partial charge in [0.25, 0.3) is 0 Å². The molecule has 100 valence electrons. The Morgan fingerprint density at radius 2 is 2.00 bits per heavy atom. The van der Waals surface area contributed by atoms with E-state index in [0.29, 0.717) is 22.8 Å². The Bertz CT molecular complexity index is 575. The fourth-order valence-electron chi connectivity index (χ4n) is 2.04. The van der Waals surface area contributed by atoms with E-state index in [1.165, 1.54) is 0 Å². The van der Waals surface area contributed by atoms with Crippen molar-refractivity contribution in [2.45, 2.75) is 6.92 Å². The van der Waals surface area contributed by atoms with Crippen LogP contribution in [-0.2, 0) is 9.53 Å². The van der Waals surface area contributed by atoms with E-state index < -0.39 is 5.97 Å². The number of hydrogen-bond donors (Lipinski definition) is 1. The van der Waals surface area contributed by atoms with Crippen molar-refractivity contribution in [2.24, 2.45) is 0 Å². The maximum atomic E-state index is 11.9. The molecule has 0 amide bonds. The highest BCUT2D eigenvalue weighted by atomic mass is 16.7. The Morgan fingerprint density at radius 1 is 1.26 bits per heavy atom. The number of benzene rings is 1. The third-order valence-corrected chi connectivity index (χ3v) is 2.88. The van der Waals surface area contributed by atoms with Crippen LogP contribution in [0.3, 0.4) is 0 Å². The summed E-state index contributed by atoms with van der Waals surface area (Å²) in [6, 6.07) is 3.25. The molecule has 1 aromatic carbocycles. The lowest BCUT2D eigenvalue weighted by atomic mass is 10.0. The lowest BCUT2D eigenvalue weighted by molar-refractivity contribution is -0.136. The summed E-state index contributed by atoms with van der Waals surface area (Å²) in [5.74, 6) is 0.806. The minimum atomic E-state index is -0.580. The van der Waals surface area contributed by atoms with Gasteiger partial charge in [0.15, 0.2) is 11.5 Å². The highest BCUT2D eigenvalue weighted by Gasteiger charge is 2.30. The van der Waals surface area contributed by atoms with Crippen LogP contribution in [0.1, 0.15) is 12.5 Å². The van der Waals surface area contributed by atoms with Gasteiger partial charge in [0, 0.05) is 11.6 Å². The van der Waals surface area contributed by atoms with E-state index >= 15 is 0 Å². The molecular formula is C13H12O6. The van der Waals surface area contributed by atoms with E-state index in [1.54, 1.807) is 19.1 Å². The summed E-state index contributed by atoms with van der Waals surface area (Å²) in [5.41, 5.74) is 0.563. The van der Waals surface area contributed by atoms with Gasteiger partial charge in [0.1, 0.15) is 23.7 Å². The second-order valence-corrected chi connectivity index (χ2v) is 4.03. The molecule has 1 N–H and O–H groups in total. The molecule has 6 heteroatoms. The van der Waals surface area contributed by atoms with E-state index in [2.05, 4.69) is 0 Å². The molecule has 6 nitrogen and oxygen atoms in total. The second-order valence-electron chi connectivity index (χ2n) is 4.03. The number of aliphatic hydroxyl groups excluding tert-OH is 1. The predicted molar refractivity (Wildman–Crippen MR) is 64.2 cm³/mol. The zero-order valence-corrected chi connectivity index (χ0v) is 10.3. The summed E-state index contributed by atoms with van der Waals surface area (Å²) in [7, 11) is 0. The summed E-state index contributed by atoms with van der Waals surface area (Å²) >= 11 is 0. The van der Waals surface area contributed by atoms with Crippen LogP contribution in [0.4, 0.5) is 0 Å². The molecule has 2 heterocycles. The van der Waals surface area contributed by atoms with Crippen molar-refractivity contribution < 1.29 is 28.8 Å². The molecule has 0 aromatic heterocycles. The van der Waals surface area contributed by atoms with Gasteiger partial charge in [-0.2, -0.15) is 0 Å². The van der Waals surface area contributed by atoms with Crippen molar-refractivity contribution in [1.82, 2.24) is 0 Å². The smallest absolute Gasteiger partial charge is 0.342 e. The first-order valence-electron chi connectivity index (χ1n) is 5.86. The van der Waals surface area contributed by atoms with Crippen LogP contribution >= 0.6 is 0 Å². The van der Waals surface area contributed by atoms with Crippen molar-refractivity contribution in [3.8, 4) is 17.2 Å². The highest BCUT2D eigenvalue weighted by molar-refractivity contribution is 6.18. The van der Waals surface area contributed by atoms with E-state index in [4.69, 9.17) is 18.9 Å². The fraction of sp³-hybridized carbons (Fsp3) is 0.308. The van der Waals surface area contributed by atoms with Crippen LogP contribution in [0.25, 0.3) is 5.57 Å². The summed E-state index contributed by atoms with van der Waals surface area (Å²) in [6.07, 6.45) is 0. The van der Waals surface area contributed by atoms with Crippen LogP contribution in [0, 0.1) is 0 Å². The molecule has 0 saturated heterocycles. The molecule has 3 rings (SSSR count). The minimum absolute atomic E-state index is 0.0687. The Labute approximate surface area is 109 Å². The molecule has 2 aliphatic heterocycles. The zero-order chi connectivity index (χ0) is 13.4. The minimum Gasteiger partial charge on any atom is -0.508 e. The van der Waals surface area contributed by atoms with Gasteiger partial charge in [-0.25, -0.2) is 4.79 Å². The lowest BCUT2D eigenvalue weighted by Crippen LogP contribution is -2.18.